The molecular weight excluding hydrogens is 267 g/mol. The topological polar surface area (TPSA) is 63.1 Å². The summed E-state index contributed by atoms with van der Waals surface area (Å²) in [6, 6.07) is 6.14. The summed E-state index contributed by atoms with van der Waals surface area (Å²) in [5.74, 6) is -0.249. The van der Waals surface area contributed by atoms with Crippen molar-refractivity contribution < 1.29 is 14.3 Å². The lowest BCUT2D eigenvalue weighted by atomic mass is 10.2. The maximum atomic E-state index is 12.7. The molecule has 0 aliphatic carbocycles. The Balaban J connectivity index is 2.06. The molecule has 2 rings (SSSR count). The summed E-state index contributed by atoms with van der Waals surface area (Å²) >= 11 is 1.47. The highest BCUT2D eigenvalue weighted by atomic mass is 32.2. The van der Waals surface area contributed by atoms with Gasteiger partial charge in [-0.1, -0.05) is 0 Å². The number of hydrogen-bond donors (Lipinski definition) is 1. The predicted octanol–water partition coefficient (Wildman–Crippen LogP) is 2.91. The van der Waals surface area contributed by atoms with Crippen molar-refractivity contribution >= 4 is 17.7 Å². The summed E-state index contributed by atoms with van der Waals surface area (Å²) in [5, 5.41) is 8.87. The number of nitrogens with zero attached hydrogens (tertiary/aromatic N) is 2. The third-order valence-electron chi connectivity index (χ3n) is 2.44. The monoisotopic (exact) mass is 278 g/mol. The summed E-state index contributed by atoms with van der Waals surface area (Å²) in [5.41, 5.74) is 0.549. The van der Waals surface area contributed by atoms with E-state index < -0.39 is 5.97 Å². The second-order valence-electron chi connectivity index (χ2n) is 3.83. The average molecular weight is 278 g/mol. The smallest absolute Gasteiger partial charge is 0.339 e. The maximum absolute atomic E-state index is 12.7. The van der Waals surface area contributed by atoms with E-state index >= 15 is 0 Å². The lowest BCUT2D eigenvalue weighted by molar-refractivity contribution is 0.0695. The van der Waals surface area contributed by atoms with Crippen LogP contribution in [-0.4, -0.2) is 21.0 Å². The Kier molecular flexibility index (Phi) is 4.11. The SMILES string of the molecule is Cc1nc(CSc2ccc(F)cc2)ncc1C(=O)O. The van der Waals surface area contributed by atoms with E-state index in [1.807, 2.05) is 0 Å². The minimum absolute atomic E-state index is 0.107. The molecule has 0 unspecified atom stereocenters. The third kappa shape index (κ3) is 3.51. The number of aryl methyl sites for hydroxylation is 1. The van der Waals surface area contributed by atoms with Crippen LogP contribution in [-0.2, 0) is 5.75 Å². The third-order valence-corrected chi connectivity index (χ3v) is 3.45. The van der Waals surface area contributed by atoms with Gasteiger partial charge >= 0.3 is 5.97 Å². The molecule has 0 bridgehead atoms. The fraction of sp³-hybridized carbons (Fsp3) is 0.154. The number of halogens is 1. The van der Waals surface area contributed by atoms with Gasteiger partial charge < -0.3 is 5.11 Å². The maximum Gasteiger partial charge on any atom is 0.339 e. The number of carboxylic acid groups (broad SMARTS) is 1. The Bertz CT molecular complexity index is 602. The Morgan fingerprint density at radius 1 is 1.37 bits per heavy atom. The van der Waals surface area contributed by atoms with Crippen LogP contribution in [0.5, 0.6) is 0 Å². The van der Waals surface area contributed by atoms with E-state index in [1.54, 1.807) is 19.1 Å². The van der Waals surface area contributed by atoms with Gasteiger partial charge in [0.05, 0.1) is 17.0 Å². The van der Waals surface area contributed by atoms with E-state index in [9.17, 15) is 9.18 Å². The lowest BCUT2D eigenvalue weighted by Gasteiger charge is -2.04. The van der Waals surface area contributed by atoms with Crippen molar-refractivity contribution in [2.45, 2.75) is 17.6 Å². The fourth-order valence-corrected chi connectivity index (χ4v) is 2.24. The first-order chi connectivity index (χ1) is 9.06. The zero-order valence-electron chi connectivity index (χ0n) is 10.1. The molecule has 0 aliphatic rings. The highest BCUT2D eigenvalue weighted by Crippen LogP contribution is 2.21. The molecule has 1 aromatic carbocycles. The molecule has 2 aromatic rings. The van der Waals surface area contributed by atoms with Crippen LogP contribution in [0.2, 0.25) is 0 Å². The van der Waals surface area contributed by atoms with Gasteiger partial charge in [0, 0.05) is 11.1 Å². The number of thioether (sulfide) groups is 1. The van der Waals surface area contributed by atoms with Gasteiger partial charge in [0.15, 0.2) is 0 Å². The number of benzene rings is 1. The van der Waals surface area contributed by atoms with Crippen LogP contribution in [0.25, 0.3) is 0 Å². The average Bonchev–Trinajstić information content (AvgIpc) is 2.37. The highest BCUT2D eigenvalue weighted by Gasteiger charge is 2.09. The van der Waals surface area contributed by atoms with Crippen LogP contribution in [0.15, 0.2) is 35.4 Å². The molecule has 0 radical (unpaired) electrons. The van der Waals surface area contributed by atoms with E-state index in [-0.39, 0.29) is 11.4 Å². The Morgan fingerprint density at radius 3 is 2.63 bits per heavy atom. The molecule has 1 aromatic heterocycles. The van der Waals surface area contributed by atoms with Crippen molar-refractivity contribution in [2.75, 3.05) is 0 Å². The molecule has 19 heavy (non-hydrogen) atoms. The quantitative estimate of drug-likeness (QED) is 0.871. The van der Waals surface area contributed by atoms with Crippen LogP contribution in [0.1, 0.15) is 21.9 Å². The predicted molar refractivity (Wildman–Crippen MR) is 69.7 cm³/mol. The minimum Gasteiger partial charge on any atom is -0.478 e. The standard InChI is InChI=1S/C13H11FN2O2S/c1-8-11(13(17)18)6-15-12(16-8)7-19-10-4-2-9(14)3-5-10/h2-6H,7H2,1H3,(H,17,18). The van der Waals surface area contributed by atoms with Gasteiger partial charge in [0.2, 0.25) is 0 Å². The van der Waals surface area contributed by atoms with E-state index in [4.69, 9.17) is 5.11 Å². The summed E-state index contributed by atoms with van der Waals surface area (Å²) in [6.45, 7) is 1.64. The summed E-state index contributed by atoms with van der Waals surface area (Å²) < 4.78 is 12.7. The summed E-state index contributed by atoms with van der Waals surface area (Å²) in [6.07, 6.45) is 1.31. The zero-order valence-corrected chi connectivity index (χ0v) is 10.9. The van der Waals surface area contributed by atoms with Crippen LogP contribution in [0, 0.1) is 12.7 Å². The summed E-state index contributed by atoms with van der Waals surface area (Å²) in [4.78, 5) is 19.9. The molecule has 0 saturated heterocycles. The van der Waals surface area contributed by atoms with Gasteiger partial charge in [0.25, 0.3) is 0 Å². The Labute approximate surface area is 113 Å². The number of carbonyl (C=O) groups is 1. The molecule has 6 heteroatoms. The van der Waals surface area contributed by atoms with Gasteiger partial charge in [-0.3, -0.25) is 0 Å². The second kappa shape index (κ2) is 5.79. The van der Waals surface area contributed by atoms with Crippen LogP contribution < -0.4 is 0 Å². The molecule has 0 atom stereocenters. The number of hydrogen-bond acceptors (Lipinski definition) is 4. The minimum atomic E-state index is -1.03. The van der Waals surface area contributed by atoms with Crippen molar-refractivity contribution in [1.29, 1.82) is 0 Å². The molecule has 0 fully saturated rings. The van der Waals surface area contributed by atoms with E-state index in [0.717, 1.165) is 4.90 Å². The summed E-state index contributed by atoms with van der Waals surface area (Å²) in [7, 11) is 0. The Morgan fingerprint density at radius 2 is 2.05 bits per heavy atom. The normalized spacial score (nSPS) is 10.4. The van der Waals surface area contributed by atoms with E-state index in [2.05, 4.69) is 9.97 Å². The number of aromatic nitrogens is 2. The first-order valence-corrected chi connectivity index (χ1v) is 6.49. The molecule has 98 valence electrons. The molecule has 0 saturated carbocycles. The van der Waals surface area contributed by atoms with Crippen LogP contribution in [0.3, 0.4) is 0 Å². The van der Waals surface area contributed by atoms with Crippen molar-refractivity contribution in [3.05, 3.63) is 53.4 Å². The van der Waals surface area contributed by atoms with Crippen LogP contribution in [0.4, 0.5) is 4.39 Å². The molecule has 1 N–H and O–H groups in total. The van der Waals surface area contributed by atoms with Crippen LogP contribution >= 0.6 is 11.8 Å². The first-order valence-electron chi connectivity index (χ1n) is 5.50. The molecule has 4 nitrogen and oxygen atoms in total. The molecular formula is C13H11FN2O2S. The van der Waals surface area contributed by atoms with E-state index in [0.29, 0.717) is 17.3 Å². The highest BCUT2D eigenvalue weighted by molar-refractivity contribution is 7.98. The van der Waals surface area contributed by atoms with Crippen molar-refractivity contribution in [3.8, 4) is 0 Å². The van der Waals surface area contributed by atoms with Gasteiger partial charge in [-0.2, -0.15) is 0 Å². The largest absolute Gasteiger partial charge is 0.478 e. The van der Waals surface area contributed by atoms with Gasteiger partial charge in [-0.15, -0.1) is 11.8 Å². The molecule has 0 amide bonds. The van der Waals surface area contributed by atoms with Crippen molar-refractivity contribution in [2.24, 2.45) is 0 Å². The Hall–Kier alpha value is -1.95. The lowest BCUT2D eigenvalue weighted by Crippen LogP contribution is -2.05. The van der Waals surface area contributed by atoms with Gasteiger partial charge in [0.1, 0.15) is 11.6 Å². The van der Waals surface area contributed by atoms with Crippen molar-refractivity contribution in [3.63, 3.8) is 0 Å². The van der Waals surface area contributed by atoms with Crippen molar-refractivity contribution in [1.82, 2.24) is 9.97 Å². The first kappa shape index (κ1) is 13.5. The van der Waals surface area contributed by atoms with Gasteiger partial charge in [-0.25, -0.2) is 19.2 Å². The molecule has 0 aliphatic heterocycles. The second-order valence-corrected chi connectivity index (χ2v) is 4.88. The van der Waals surface area contributed by atoms with Gasteiger partial charge in [-0.05, 0) is 31.2 Å². The molecule has 0 spiro atoms. The van der Waals surface area contributed by atoms with E-state index in [1.165, 1.54) is 30.1 Å². The number of carboxylic acids is 1. The fourth-order valence-electron chi connectivity index (χ4n) is 1.47. The number of aromatic carboxylic acids is 1. The number of rotatable bonds is 4. The zero-order chi connectivity index (χ0) is 13.8. The molecule has 1 heterocycles.